The molecule has 120 valence electrons. The van der Waals surface area contributed by atoms with Gasteiger partial charge in [0.2, 0.25) is 5.91 Å². The first-order valence-electron chi connectivity index (χ1n) is 7.08. The van der Waals surface area contributed by atoms with Crippen molar-refractivity contribution in [2.24, 2.45) is 5.41 Å². The first kappa shape index (κ1) is 17.3. The Bertz CT molecular complexity index is 446. The molecule has 3 N–H and O–H groups in total. The van der Waals surface area contributed by atoms with Crippen LogP contribution in [0.15, 0.2) is 0 Å². The second kappa shape index (κ2) is 5.91. The molecule has 1 unspecified atom stereocenters. The molecule has 1 rings (SSSR count). The molecule has 0 aliphatic carbocycles. The van der Waals surface area contributed by atoms with Crippen molar-refractivity contribution in [3.8, 4) is 0 Å². The van der Waals surface area contributed by atoms with E-state index in [0.717, 1.165) is 6.42 Å². The van der Waals surface area contributed by atoms with Crippen molar-refractivity contribution in [1.82, 2.24) is 15.5 Å². The average Bonchev–Trinajstić information content (AvgIpc) is 2.86. The zero-order chi connectivity index (χ0) is 16.4. The van der Waals surface area contributed by atoms with Crippen LogP contribution in [0.4, 0.5) is 4.79 Å². The van der Waals surface area contributed by atoms with Gasteiger partial charge in [-0.1, -0.05) is 0 Å². The van der Waals surface area contributed by atoms with Crippen LogP contribution >= 0.6 is 0 Å². The number of aliphatic carboxylic acids is 1. The molecular weight excluding hydrogens is 274 g/mol. The number of carboxylic acids is 1. The maximum atomic E-state index is 12.4. The summed E-state index contributed by atoms with van der Waals surface area (Å²) in [5, 5.41) is 14.6. The summed E-state index contributed by atoms with van der Waals surface area (Å²) in [7, 11) is 1.54. The molecule has 1 aliphatic rings. The largest absolute Gasteiger partial charge is 0.481 e. The van der Waals surface area contributed by atoms with E-state index in [0.29, 0.717) is 13.0 Å². The van der Waals surface area contributed by atoms with Gasteiger partial charge in [-0.25, -0.2) is 4.79 Å². The molecule has 0 aromatic carbocycles. The van der Waals surface area contributed by atoms with Gasteiger partial charge >= 0.3 is 12.0 Å². The monoisotopic (exact) mass is 299 g/mol. The molecule has 0 bridgehead atoms. The lowest BCUT2D eigenvalue weighted by atomic mass is 9.74. The molecular formula is C14H25N3O4. The predicted molar refractivity (Wildman–Crippen MR) is 77.8 cm³/mol. The van der Waals surface area contributed by atoms with Crippen molar-refractivity contribution >= 4 is 17.9 Å². The summed E-state index contributed by atoms with van der Waals surface area (Å²) in [6.45, 7) is 6.97. The van der Waals surface area contributed by atoms with E-state index in [1.54, 1.807) is 27.7 Å². The number of carbonyl (C=O) groups excluding carboxylic acids is 2. The van der Waals surface area contributed by atoms with Crippen molar-refractivity contribution in [2.75, 3.05) is 13.6 Å². The SMILES string of the molecule is CNC(=O)C1CCCN1C(=O)NC(C)(C)C(C)(C)C(=O)O. The van der Waals surface area contributed by atoms with Gasteiger partial charge in [-0.15, -0.1) is 0 Å². The third-order valence-electron chi connectivity index (χ3n) is 4.58. The van der Waals surface area contributed by atoms with Crippen molar-refractivity contribution in [3.63, 3.8) is 0 Å². The molecule has 0 radical (unpaired) electrons. The Labute approximate surface area is 125 Å². The van der Waals surface area contributed by atoms with Crippen molar-refractivity contribution in [3.05, 3.63) is 0 Å². The minimum atomic E-state index is -1.13. The van der Waals surface area contributed by atoms with Gasteiger partial charge in [0.05, 0.1) is 11.0 Å². The first-order valence-corrected chi connectivity index (χ1v) is 7.08. The molecule has 3 amide bonds. The average molecular weight is 299 g/mol. The molecule has 0 saturated carbocycles. The van der Waals surface area contributed by atoms with Crippen LogP contribution in [-0.4, -0.2) is 53.1 Å². The van der Waals surface area contributed by atoms with Gasteiger partial charge in [0, 0.05) is 13.6 Å². The van der Waals surface area contributed by atoms with Gasteiger partial charge in [0.25, 0.3) is 0 Å². The van der Waals surface area contributed by atoms with E-state index < -0.39 is 29.0 Å². The topological polar surface area (TPSA) is 98.7 Å². The summed E-state index contributed by atoms with van der Waals surface area (Å²) in [5.74, 6) is -1.19. The highest BCUT2D eigenvalue weighted by atomic mass is 16.4. The molecule has 0 aromatic rings. The molecule has 7 heteroatoms. The minimum Gasteiger partial charge on any atom is -0.481 e. The Balaban J connectivity index is 2.85. The van der Waals surface area contributed by atoms with Crippen molar-refractivity contribution in [1.29, 1.82) is 0 Å². The summed E-state index contributed by atoms with van der Waals surface area (Å²) in [6, 6.07) is -0.890. The smallest absolute Gasteiger partial charge is 0.318 e. The lowest BCUT2D eigenvalue weighted by Gasteiger charge is -2.40. The van der Waals surface area contributed by atoms with E-state index in [9.17, 15) is 19.5 Å². The van der Waals surface area contributed by atoms with Crippen LogP contribution < -0.4 is 10.6 Å². The quantitative estimate of drug-likeness (QED) is 0.715. The molecule has 0 spiro atoms. The highest BCUT2D eigenvalue weighted by Gasteiger charge is 2.46. The number of amides is 3. The fourth-order valence-electron chi connectivity index (χ4n) is 2.21. The van der Waals surface area contributed by atoms with Crippen LogP contribution in [0.5, 0.6) is 0 Å². The van der Waals surface area contributed by atoms with Crippen LogP contribution in [0.25, 0.3) is 0 Å². The van der Waals surface area contributed by atoms with Gasteiger partial charge in [-0.3, -0.25) is 9.59 Å². The van der Waals surface area contributed by atoms with Gasteiger partial charge in [-0.2, -0.15) is 0 Å². The highest BCUT2D eigenvalue weighted by molar-refractivity contribution is 5.88. The maximum Gasteiger partial charge on any atom is 0.318 e. The summed E-state index contributed by atoms with van der Waals surface area (Å²) in [4.78, 5) is 37.0. The van der Waals surface area contributed by atoms with Crippen LogP contribution in [0.2, 0.25) is 0 Å². The fourth-order valence-corrected chi connectivity index (χ4v) is 2.21. The number of urea groups is 1. The Hall–Kier alpha value is -1.79. The second-order valence-electron chi connectivity index (χ2n) is 6.45. The van der Waals surface area contributed by atoms with Gasteiger partial charge < -0.3 is 20.6 Å². The van der Waals surface area contributed by atoms with E-state index in [1.807, 2.05) is 0 Å². The van der Waals surface area contributed by atoms with E-state index in [-0.39, 0.29) is 5.91 Å². The minimum absolute atomic E-state index is 0.196. The van der Waals surface area contributed by atoms with Crippen molar-refractivity contribution in [2.45, 2.75) is 52.1 Å². The molecule has 1 saturated heterocycles. The second-order valence-corrected chi connectivity index (χ2v) is 6.45. The number of nitrogens with one attached hydrogen (secondary N) is 2. The number of hydrogen-bond donors (Lipinski definition) is 3. The van der Waals surface area contributed by atoms with E-state index in [4.69, 9.17) is 0 Å². The first-order chi connectivity index (χ1) is 9.54. The molecule has 1 atom stereocenters. The molecule has 1 fully saturated rings. The van der Waals surface area contributed by atoms with E-state index in [2.05, 4.69) is 10.6 Å². The Morgan fingerprint density at radius 3 is 2.24 bits per heavy atom. The zero-order valence-electron chi connectivity index (χ0n) is 13.3. The summed E-state index contributed by atoms with van der Waals surface area (Å²) in [6.07, 6.45) is 1.38. The number of carbonyl (C=O) groups is 3. The zero-order valence-corrected chi connectivity index (χ0v) is 13.3. The van der Waals surface area contributed by atoms with E-state index >= 15 is 0 Å². The van der Waals surface area contributed by atoms with Gasteiger partial charge in [0.1, 0.15) is 6.04 Å². The number of carboxylic acid groups (broad SMARTS) is 1. The Morgan fingerprint density at radius 2 is 1.76 bits per heavy atom. The van der Waals surface area contributed by atoms with Gasteiger partial charge in [0.15, 0.2) is 0 Å². The summed E-state index contributed by atoms with van der Waals surface area (Å²) in [5.41, 5.74) is -2.09. The van der Waals surface area contributed by atoms with Crippen LogP contribution in [0.3, 0.4) is 0 Å². The summed E-state index contributed by atoms with van der Waals surface area (Å²) < 4.78 is 0. The van der Waals surface area contributed by atoms with Crippen LogP contribution in [-0.2, 0) is 9.59 Å². The molecule has 7 nitrogen and oxygen atoms in total. The van der Waals surface area contributed by atoms with Crippen molar-refractivity contribution < 1.29 is 19.5 Å². The Morgan fingerprint density at radius 1 is 1.19 bits per heavy atom. The number of rotatable bonds is 4. The standard InChI is InChI=1S/C14H25N3O4/c1-13(2,11(19)20)14(3,4)16-12(21)17-8-6-7-9(17)10(18)15-5/h9H,6-8H2,1-5H3,(H,15,18)(H,16,21)(H,19,20). The molecule has 21 heavy (non-hydrogen) atoms. The molecule has 1 heterocycles. The summed E-state index contributed by atoms with van der Waals surface area (Å²) >= 11 is 0. The number of likely N-dealkylation sites (tertiary alicyclic amines) is 1. The number of likely N-dealkylation sites (N-methyl/N-ethyl adjacent to an activating group) is 1. The third-order valence-corrected chi connectivity index (χ3v) is 4.58. The lowest BCUT2D eigenvalue weighted by Crippen LogP contribution is -2.61. The maximum absolute atomic E-state index is 12.4. The third kappa shape index (κ3) is 3.28. The number of hydrogen-bond acceptors (Lipinski definition) is 3. The van der Waals surface area contributed by atoms with E-state index in [1.165, 1.54) is 11.9 Å². The normalized spacial score (nSPS) is 19.3. The fraction of sp³-hybridized carbons (Fsp3) is 0.786. The highest BCUT2D eigenvalue weighted by Crippen LogP contribution is 2.31. The number of nitrogens with zero attached hydrogens (tertiary/aromatic N) is 1. The van der Waals surface area contributed by atoms with Gasteiger partial charge in [-0.05, 0) is 40.5 Å². The Kier molecular flexibility index (Phi) is 4.86. The molecule has 1 aliphatic heterocycles. The van der Waals surface area contributed by atoms with Crippen LogP contribution in [0.1, 0.15) is 40.5 Å². The molecule has 0 aromatic heterocycles. The van der Waals surface area contributed by atoms with Crippen LogP contribution in [0, 0.1) is 5.41 Å². The lowest BCUT2D eigenvalue weighted by molar-refractivity contribution is -0.150. The predicted octanol–water partition coefficient (Wildman–Crippen LogP) is 0.796.